The number of alkyl halides is 1. The van der Waals surface area contributed by atoms with Crippen molar-refractivity contribution in [3.8, 4) is 36.2 Å². The van der Waals surface area contributed by atoms with E-state index in [4.69, 9.17) is 22.7 Å². The molecular weight excluding hydrogens is 496 g/mol. The summed E-state index contributed by atoms with van der Waals surface area (Å²) >= 11 is 3.39. The Morgan fingerprint density at radius 3 is 1.71 bits per heavy atom. The van der Waals surface area contributed by atoms with E-state index in [2.05, 4.69) is 64.2 Å². The Balaban J connectivity index is 0.000000203. The summed E-state index contributed by atoms with van der Waals surface area (Å²) in [6.45, 7) is 0.665. The van der Waals surface area contributed by atoms with Crippen molar-refractivity contribution in [2.75, 3.05) is 11.9 Å². The normalized spacial score (nSPS) is 9.23. The van der Waals surface area contributed by atoms with Crippen molar-refractivity contribution in [2.24, 2.45) is 0 Å². The molecule has 0 aliphatic rings. The largest absolute Gasteiger partial charge is 0.508 e. The molecule has 4 aromatic rings. The minimum atomic E-state index is 0.213. The summed E-state index contributed by atoms with van der Waals surface area (Å²) in [4.78, 5) is 0. The van der Waals surface area contributed by atoms with Gasteiger partial charge in [-0.2, -0.15) is 0 Å². The van der Waals surface area contributed by atoms with Crippen LogP contribution in [0.5, 0.6) is 11.5 Å². The van der Waals surface area contributed by atoms with Crippen LogP contribution in [0.1, 0.15) is 22.3 Å². The summed E-state index contributed by atoms with van der Waals surface area (Å²) < 4.78 is 5.66. The standard InChI is InChI=1S/C16H14O.C8H9Br.C8H6O/c1-2-14-9-6-10-16(13-14)17-12-11-15-7-4-3-5-8-15;9-7-6-8-4-2-1-3-5-8;1-2-7-4-3-5-8(9)6-7/h1,3-10,13H,11-12H2;1-5H,6-7H2;1,3-6,9H. The number of hydrogen-bond donors (Lipinski definition) is 1. The molecule has 3 heteroatoms. The number of ether oxygens (including phenoxy) is 1. The second-order valence-corrected chi connectivity index (χ2v) is 8.17. The number of terminal acetylenes is 2. The molecule has 0 radical (unpaired) electrons. The van der Waals surface area contributed by atoms with Gasteiger partial charge in [0.1, 0.15) is 11.5 Å². The van der Waals surface area contributed by atoms with Crippen molar-refractivity contribution >= 4 is 15.9 Å². The van der Waals surface area contributed by atoms with Gasteiger partial charge in [-0.25, -0.2) is 0 Å². The number of phenols is 1. The minimum absolute atomic E-state index is 0.213. The van der Waals surface area contributed by atoms with Gasteiger partial charge in [-0.1, -0.05) is 101 Å². The summed E-state index contributed by atoms with van der Waals surface area (Å²) in [5.74, 6) is 6.05. The van der Waals surface area contributed by atoms with Gasteiger partial charge in [0.05, 0.1) is 6.61 Å². The molecule has 0 atom stereocenters. The quantitative estimate of drug-likeness (QED) is 0.212. The lowest BCUT2D eigenvalue weighted by molar-refractivity contribution is 0.322. The van der Waals surface area contributed by atoms with E-state index in [1.165, 1.54) is 11.1 Å². The smallest absolute Gasteiger partial charge is 0.120 e. The molecule has 0 saturated carbocycles. The van der Waals surface area contributed by atoms with Gasteiger partial charge < -0.3 is 9.84 Å². The van der Waals surface area contributed by atoms with Crippen molar-refractivity contribution in [3.63, 3.8) is 0 Å². The van der Waals surface area contributed by atoms with Gasteiger partial charge in [0.25, 0.3) is 0 Å². The number of halogens is 1. The van der Waals surface area contributed by atoms with E-state index in [1.807, 2.05) is 48.5 Å². The Morgan fingerprint density at radius 2 is 1.20 bits per heavy atom. The van der Waals surface area contributed by atoms with Gasteiger partial charge in [0.15, 0.2) is 0 Å². The van der Waals surface area contributed by atoms with E-state index in [0.29, 0.717) is 12.2 Å². The molecular formula is C32H29BrO2. The van der Waals surface area contributed by atoms with Gasteiger partial charge in [0, 0.05) is 22.9 Å². The van der Waals surface area contributed by atoms with Crippen molar-refractivity contribution in [3.05, 3.63) is 131 Å². The lowest BCUT2D eigenvalue weighted by Crippen LogP contribution is -2.01. The first-order chi connectivity index (χ1) is 17.1. The molecule has 0 aliphatic heterocycles. The molecule has 0 aromatic heterocycles. The molecule has 0 heterocycles. The van der Waals surface area contributed by atoms with Gasteiger partial charge >= 0.3 is 0 Å². The van der Waals surface area contributed by atoms with E-state index in [-0.39, 0.29) is 5.75 Å². The number of rotatable bonds is 6. The summed E-state index contributed by atoms with van der Waals surface area (Å²) in [6.07, 6.45) is 12.4. The summed E-state index contributed by atoms with van der Waals surface area (Å²) in [5.41, 5.74) is 4.23. The number of phenolic OH excluding ortho intramolecular Hbond substituents is 1. The number of benzene rings is 4. The second-order valence-electron chi connectivity index (χ2n) is 7.38. The van der Waals surface area contributed by atoms with Crippen molar-refractivity contribution in [1.29, 1.82) is 0 Å². The Labute approximate surface area is 217 Å². The molecule has 4 rings (SSSR count). The highest BCUT2D eigenvalue weighted by molar-refractivity contribution is 9.09. The molecule has 0 fully saturated rings. The van der Waals surface area contributed by atoms with Crippen LogP contribution in [0.2, 0.25) is 0 Å². The second kappa shape index (κ2) is 16.7. The predicted molar refractivity (Wildman–Crippen MR) is 150 cm³/mol. The highest BCUT2D eigenvalue weighted by atomic mass is 79.9. The summed E-state index contributed by atoms with van der Waals surface area (Å²) in [7, 11) is 0. The Hall–Kier alpha value is -3.92. The molecule has 176 valence electrons. The molecule has 35 heavy (non-hydrogen) atoms. The van der Waals surface area contributed by atoms with E-state index in [9.17, 15) is 0 Å². The third-order valence-electron chi connectivity index (χ3n) is 4.74. The topological polar surface area (TPSA) is 29.5 Å². The van der Waals surface area contributed by atoms with E-state index < -0.39 is 0 Å². The third kappa shape index (κ3) is 11.7. The van der Waals surface area contributed by atoms with Crippen LogP contribution in [-0.4, -0.2) is 17.0 Å². The molecule has 2 nitrogen and oxygen atoms in total. The molecule has 0 bridgehead atoms. The van der Waals surface area contributed by atoms with Crippen LogP contribution in [-0.2, 0) is 12.8 Å². The molecule has 0 saturated heterocycles. The Bertz CT molecular complexity index is 1210. The number of hydrogen-bond acceptors (Lipinski definition) is 2. The average Bonchev–Trinajstić information content (AvgIpc) is 2.91. The zero-order valence-corrected chi connectivity index (χ0v) is 21.2. The average molecular weight is 525 g/mol. The van der Waals surface area contributed by atoms with Crippen LogP contribution in [0.15, 0.2) is 109 Å². The van der Waals surface area contributed by atoms with Gasteiger partial charge in [0.2, 0.25) is 0 Å². The van der Waals surface area contributed by atoms with Crippen molar-refractivity contribution < 1.29 is 9.84 Å². The van der Waals surface area contributed by atoms with Crippen molar-refractivity contribution in [1.82, 2.24) is 0 Å². The third-order valence-corrected chi connectivity index (χ3v) is 5.14. The highest BCUT2D eigenvalue weighted by Crippen LogP contribution is 2.13. The maximum absolute atomic E-state index is 8.85. The molecule has 0 aliphatic carbocycles. The number of aromatic hydroxyl groups is 1. The van der Waals surface area contributed by atoms with Crippen molar-refractivity contribution in [2.45, 2.75) is 12.8 Å². The molecule has 0 unspecified atom stereocenters. The SMILES string of the molecule is BrCCc1ccccc1.C#Cc1cccc(O)c1.C#Cc1cccc(OCCc2ccccc2)c1. The first kappa shape index (κ1) is 27.3. The van der Waals surface area contributed by atoms with Crippen LogP contribution in [0.3, 0.4) is 0 Å². The predicted octanol–water partition coefficient (Wildman–Crippen LogP) is 7.29. The minimum Gasteiger partial charge on any atom is -0.508 e. The number of aryl methyl sites for hydroxylation is 1. The monoisotopic (exact) mass is 524 g/mol. The first-order valence-electron chi connectivity index (χ1n) is 11.2. The van der Waals surface area contributed by atoms with Crippen LogP contribution >= 0.6 is 15.9 Å². The molecule has 1 N–H and O–H groups in total. The van der Waals surface area contributed by atoms with Gasteiger partial charge in [-0.05, 0) is 53.9 Å². The lowest BCUT2D eigenvalue weighted by Gasteiger charge is -2.06. The lowest BCUT2D eigenvalue weighted by atomic mass is 10.2. The van der Waals surface area contributed by atoms with Gasteiger partial charge in [-0.15, -0.1) is 12.8 Å². The fourth-order valence-corrected chi connectivity index (χ4v) is 3.41. The highest BCUT2D eigenvalue weighted by Gasteiger charge is 1.96. The van der Waals surface area contributed by atoms with Crippen LogP contribution in [0.4, 0.5) is 0 Å². The van der Waals surface area contributed by atoms with E-state index in [0.717, 1.165) is 29.5 Å². The van der Waals surface area contributed by atoms with E-state index >= 15 is 0 Å². The Morgan fingerprint density at radius 1 is 0.657 bits per heavy atom. The first-order valence-corrected chi connectivity index (χ1v) is 12.4. The molecule has 4 aromatic carbocycles. The fourth-order valence-electron chi connectivity index (χ4n) is 2.96. The fraction of sp³-hybridized carbons (Fsp3) is 0.125. The Kier molecular flexibility index (Phi) is 13.0. The zero-order chi connectivity index (χ0) is 25.1. The zero-order valence-electron chi connectivity index (χ0n) is 19.6. The summed E-state index contributed by atoms with van der Waals surface area (Å²) in [6, 6.07) is 34.9. The van der Waals surface area contributed by atoms with Crippen LogP contribution in [0.25, 0.3) is 0 Å². The molecule has 0 amide bonds. The van der Waals surface area contributed by atoms with E-state index in [1.54, 1.807) is 24.3 Å². The molecule has 0 spiro atoms. The maximum Gasteiger partial charge on any atom is 0.120 e. The van der Waals surface area contributed by atoms with Crippen LogP contribution < -0.4 is 4.74 Å². The van der Waals surface area contributed by atoms with Crippen LogP contribution in [0, 0.1) is 24.7 Å². The van der Waals surface area contributed by atoms with Gasteiger partial charge in [-0.3, -0.25) is 0 Å². The maximum atomic E-state index is 8.85. The summed E-state index contributed by atoms with van der Waals surface area (Å²) in [5, 5.41) is 9.90.